The molecule has 1 unspecified atom stereocenters. The first kappa shape index (κ1) is 23.0. The fourth-order valence-electron chi connectivity index (χ4n) is 2.57. The predicted octanol–water partition coefficient (Wildman–Crippen LogP) is 4.60. The van der Waals surface area contributed by atoms with Crippen LogP contribution in [0, 0.1) is 0 Å². The van der Waals surface area contributed by atoms with Crippen LogP contribution in [-0.4, -0.2) is 50.0 Å². The van der Waals surface area contributed by atoms with Crippen molar-refractivity contribution in [3.05, 3.63) is 11.7 Å². The molecule has 29 heavy (non-hydrogen) atoms. The summed E-state index contributed by atoms with van der Waals surface area (Å²) in [7, 11) is 0. The van der Waals surface area contributed by atoms with Gasteiger partial charge in [0, 0.05) is 12.5 Å². The van der Waals surface area contributed by atoms with Gasteiger partial charge in [-0.1, -0.05) is 6.92 Å². The van der Waals surface area contributed by atoms with Crippen molar-refractivity contribution < 1.29 is 31.4 Å². The maximum atomic E-state index is 14.3. The van der Waals surface area contributed by atoms with E-state index in [1.165, 1.54) is 6.92 Å². The summed E-state index contributed by atoms with van der Waals surface area (Å²) >= 11 is 0. The fourth-order valence-corrected chi connectivity index (χ4v) is 2.57. The van der Waals surface area contributed by atoms with Crippen LogP contribution in [-0.2, 0) is 0 Å². The Labute approximate surface area is 163 Å². The van der Waals surface area contributed by atoms with Crippen LogP contribution in [0.2, 0.25) is 0 Å². The summed E-state index contributed by atoms with van der Waals surface area (Å²) < 4.78 is 80.4. The Kier molecular flexibility index (Phi) is 6.86. The van der Waals surface area contributed by atoms with Crippen LogP contribution in [0.3, 0.4) is 0 Å². The minimum Gasteiger partial charge on any atom is -0.386 e. The van der Waals surface area contributed by atoms with Crippen molar-refractivity contribution in [2.75, 3.05) is 5.32 Å². The first-order chi connectivity index (χ1) is 13.3. The van der Waals surface area contributed by atoms with E-state index in [-0.39, 0.29) is 30.7 Å². The van der Waals surface area contributed by atoms with E-state index in [0.29, 0.717) is 13.3 Å². The summed E-state index contributed by atoms with van der Waals surface area (Å²) in [5, 5.41) is 11.8. The molecule has 0 saturated heterocycles. The molecule has 162 valence electrons. The lowest BCUT2D eigenvalue weighted by atomic mass is 9.96. The Morgan fingerprint density at radius 1 is 1.24 bits per heavy atom. The highest BCUT2D eigenvalue weighted by Crippen LogP contribution is 2.33. The number of anilines is 1. The zero-order valence-electron chi connectivity index (χ0n) is 16.0. The van der Waals surface area contributed by atoms with E-state index < -0.39 is 47.7 Å². The van der Waals surface area contributed by atoms with Crippen LogP contribution in [0.25, 0.3) is 5.57 Å². The Hall–Kier alpha value is -2.24. The second-order valence-corrected chi connectivity index (χ2v) is 6.75. The Balaban J connectivity index is 2.56. The number of halogens is 6. The molecule has 2 atom stereocenters. The van der Waals surface area contributed by atoms with E-state index in [1.807, 2.05) is 0 Å². The molecule has 12 heteroatoms. The molecule has 0 aromatic carbocycles. The SMILES string of the molecule is CC[C@@H](Nc1nc(N=C(C)C(C)(F)F)nc(C2=C(F)C(O)CCC2)n1)C(F)(F)F. The number of nitrogens with zero attached hydrogens (tertiary/aromatic N) is 4. The zero-order valence-corrected chi connectivity index (χ0v) is 16.0. The van der Waals surface area contributed by atoms with Crippen molar-refractivity contribution in [2.45, 2.75) is 70.7 Å². The fraction of sp³-hybridized carbons (Fsp3) is 0.647. The van der Waals surface area contributed by atoms with Gasteiger partial charge in [0.15, 0.2) is 5.82 Å². The highest BCUT2D eigenvalue weighted by atomic mass is 19.4. The normalized spacial score (nSPS) is 20.1. The van der Waals surface area contributed by atoms with E-state index >= 15 is 0 Å². The molecule has 1 aliphatic carbocycles. The number of aromatic nitrogens is 3. The quantitative estimate of drug-likeness (QED) is 0.514. The Morgan fingerprint density at radius 2 is 1.90 bits per heavy atom. The lowest BCUT2D eigenvalue weighted by Crippen LogP contribution is -2.36. The van der Waals surface area contributed by atoms with E-state index in [9.17, 15) is 31.4 Å². The van der Waals surface area contributed by atoms with Crippen molar-refractivity contribution in [1.29, 1.82) is 0 Å². The van der Waals surface area contributed by atoms with Gasteiger partial charge in [0.1, 0.15) is 18.0 Å². The van der Waals surface area contributed by atoms with Gasteiger partial charge in [0.25, 0.3) is 11.9 Å². The van der Waals surface area contributed by atoms with E-state index in [0.717, 1.165) is 6.92 Å². The molecule has 0 bridgehead atoms. The summed E-state index contributed by atoms with van der Waals surface area (Å²) in [5.41, 5.74) is -0.798. The topological polar surface area (TPSA) is 83.3 Å². The molecule has 0 aliphatic heterocycles. The van der Waals surface area contributed by atoms with E-state index in [4.69, 9.17) is 0 Å². The van der Waals surface area contributed by atoms with Crippen molar-refractivity contribution in [3.63, 3.8) is 0 Å². The molecule has 1 aromatic heterocycles. The Morgan fingerprint density at radius 3 is 2.45 bits per heavy atom. The summed E-state index contributed by atoms with van der Waals surface area (Å²) in [6, 6.07) is -2.01. The molecular formula is C17H21F6N5O. The largest absolute Gasteiger partial charge is 0.408 e. The molecular weight excluding hydrogens is 404 g/mol. The summed E-state index contributed by atoms with van der Waals surface area (Å²) in [6.07, 6.45) is -5.69. The molecule has 2 rings (SSSR count). The van der Waals surface area contributed by atoms with Gasteiger partial charge in [0.2, 0.25) is 5.95 Å². The summed E-state index contributed by atoms with van der Waals surface area (Å²) in [4.78, 5) is 14.9. The van der Waals surface area contributed by atoms with Gasteiger partial charge >= 0.3 is 6.18 Å². The monoisotopic (exact) mass is 425 g/mol. The second-order valence-electron chi connectivity index (χ2n) is 6.75. The third kappa shape index (κ3) is 5.87. The number of hydrogen-bond acceptors (Lipinski definition) is 6. The molecule has 0 spiro atoms. The van der Waals surface area contributed by atoms with E-state index in [1.54, 1.807) is 0 Å². The van der Waals surface area contributed by atoms with Crippen LogP contribution in [0.5, 0.6) is 0 Å². The number of aliphatic hydroxyl groups is 1. The molecule has 0 radical (unpaired) electrons. The number of allylic oxidation sites excluding steroid dienone is 1. The number of rotatable bonds is 6. The van der Waals surface area contributed by atoms with Gasteiger partial charge in [-0.05, 0) is 32.6 Å². The second kappa shape index (κ2) is 8.64. The average Bonchev–Trinajstić information content (AvgIpc) is 2.60. The van der Waals surface area contributed by atoms with Gasteiger partial charge in [-0.3, -0.25) is 0 Å². The molecule has 0 amide bonds. The van der Waals surface area contributed by atoms with Crippen LogP contribution in [0.15, 0.2) is 10.8 Å². The molecule has 1 aromatic rings. The lowest BCUT2D eigenvalue weighted by molar-refractivity contribution is -0.143. The molecule has 2 N–H and O–H groups in total. The van der Waals surface area contributed by atoms with Gasteiger partial charge < -0.3 is 10.4 Å². The molecule has 1 heterocycles. The standard InChI is InChI=1S/C17H21F6N5O/c1-4-11(17(21,22)23)25-15-27-13(9-6-5-7-10(29)12(9)18)26-14(28-15)24-8(2)16(3,19)20/h10-11,29H,4-7H2,1-3H3,(H,25,26,27,28)/t10?,11-/m1/s1. The zero-order chi connectivity index (χ0) is 22.0. The van der Waals surface area contributed by atoms with Crippen molar-refractivity contribution in [1.82, 2.24) is 15.0 Å². The first-order valence-electron chi connectivity index (χ1n) is 8.92. The van der Waals surface area contributed by atoms with Gasteiger partial charge in [-0.15, -0.1) is 0 Å². The van der Waals surface area contributed by atoms with Gasteiger partial charge in [0.05, 0.1) is 5.71 Å². The first-order valence-corrected chi connectivity index (χ1v) is 8.92. The molecule has 0 fully saturated rings. The van der Waals surface area contributed by atoms with Crippen molar-refractivity contribution >= 4 is 23.2 Å². The number of alkyl halides is 5. The highest BCUT2D eigenvalue weighted by molar-refractivity contribution is 5.90. The Bertz CT molecular complexity index is 802. The minimum atomic E-state index is -4.62. The van der Waals surface area contributed by atoms with E-state index in [2.05, 4.69) is 25.3 Å². The number of aliphatic hydroxyl groups excluding tert-OH is 1. The summed E-state index contributed by atoms with van der Waals surface area (Å²) in [6.45, 7) is 2.88. The van der Waals surface area contributed by atoms with Crippen molar-refractivity contribution in [3.8, 4) is 0 Å². The smallest absolute Gasteiger partial charge is 0.386 e. The summed E-state index contributed by atoms with van der Waals surface area (Å²) in [5.74, 6) is -5.76. The third-order valence-corrected chi connectivity index (χ3v) is 4.39. The predicted molar refractivity (Wildman–Crippen MR) is 94.9 cm³/mol. The highest BCUT2D eigenvalue weighted by Gasteiger charge is 2.39. The number of hydrogen-bond donors (Lipinski definition) is 2. The molecule has 1 aliphatic rings. The van der Waals surface area contributed by atoms with Crippen LogP contribution in [0.1, 0.15) is 52.3 Å². The molecule has 6 nitrogen and oxygen atoms in total. The van der Waals surface area contributed by atoms with Gasteiger partial charge in [-0.25, -0.2) is 18.2 Å². The van der Waals surface area contributed by atoms with Crippen LogP contribution in [0.4, 0.5) is 38.2 Å². The third-order valence-electron chi connectivity index (χ3n) is 4.39. The van der Waals surface area contributed by atoms with Crippen molar-refractivity contribution in [2.24, 2.45) is 4.99 Å². The van der Waals surface area contributed by atoms with Crippen LogP contribution < -0.4 is 5.32 Å². The number of nitrogens with one attached hydrogen (secondary N) is 1. The lowest BCUT2D eigenvalue weighted by Gasteiger charge is -2.21. The van der Waals surface area contributed by atoms with Gasteiger partial charge in [-0.2, -0.15) is 28.1 Å². The minimum absolute atomic E-state index is 0.119. The average molecular weight is 425 g/mol. The maximum absolute atomic E-state index is 14.3. The maximum Gasteiger partial charge on any atom is 0.408 e. The molecule has 0 saturated carbocycles. The van der Waals surface area contributed by atoms with Crippen LogP contribution >= 0.6 is 0 Å². The number of aliphatic imine (C=N–C) groups is 1.